The molecule has 0 fully saturated rings. The van der Waals surface area contributed by atoms with Gasteiger partial charge in [0.2, 0.25) is 5.78 Å². The first-order valence-electron chi connectivity index (χ1n) is 8.14. The molecule has 2 heterocycles. The Balaban J connectivity index is 1.69. The Kier molecular flexibility index (Phi) is 3.84. The number of nitrogens with zero attached hydrogens (tertiary/aromatic N) is 3. The second kappa shape index (κ2) is 6.04. The SMILES string of the molecule is Cc1ccc(C)c(C(=O)C(C)Sc2n[nH]c3nc4ccccc4n23)c1. The summed E-state index contributed by atoms with van der Waals surface area (Å²) in [6, 6.07) is 13.9. The van der Waals surface area contributed by atoms with E-state index in [4.69, 9.17) is 0 Å². The van der Waals surface area contributed by atoms with Crippen molar-refractivity contribution in [2.45, 2.75) is 31.2 Å². The lowest BCUT2D eigenvalue weighted by atomic mass is 10.0. The van der Waals surface area contributed by atoms with E-state index in [1.54, 1.807) is 0 Å². The zero-order chi connectivity index (χ0) is 17.6. The number of ketones is 1. The van der Waals surface area contributed by atoms with Gasteiger partial charge in [0.25, 0.3) is 0 Å². The molecule has 6 heteroatoms. The lowest BCUT2D eigenvalue weighted by Crippen LogP contribution is -2.15. The number of aromatic amines is 1. The van der Waals surface area contributed by atoms with Crippen LogP contribution in [0.1, 0.15) is 28.4 Å². The first-order chi connectivity index (χ1) is 12.0. The number of imidazole rings is 1. The molecule has 0 spiro atoms. The average molecular weight is 350 g/mol. The molecule has 1 atom stereocenters. The standard InChI is InChI=1S/C19H18N4OS/c1-11-8-9-12(2)14(10-11)17(24)13(3)25-19-22-21-18-20-15-6-4-5-7-16(15)23(18)19/h4-10,13H,1-3H3,(H,20,21). The summed E-state index contributed by atoms with van der Waals surface area (Å²) in [5.41, 5.74) is 4.77. The Morgan fingerprint density at radius 1 is 1.20 bits per heavy atom. The van der Waals surface area contributed by atoms with E-state index in [0.717, 1.165) is 32.9 Å². The smallest absolute Gasteiger partial charge is 0.231 e. The lowest BCUT2D eigenvalue weighted by Gasteiger charge is -2.11. The molecular formula is C19H18N4OS. The van der Waals surface area contributed by atoms with Crippen LogP contribution >= 0.6 is 11.8 Å². The summed E-state index contributed by atoms with van der Waals surface area (Å²) in [7, 11) is 0. The van der Waals surface area contributed by atoms with Gasteiger partial charge in [-0.3, -0.25) is 9.20 Å². The zero-order valence-corrected chi connectivity index (χ0v) is 15.1. The molecule has 126 valence electrons. The van der Waals surface area contributed by atoms with Crippen LogP contribution in [-0.4, -0.2) is 30.6 Å². The fourth-order valence-electron chi connectivity index (χ4n) is 2.95. The maximum absolute atomic E-state index is 12.9. The number of thioether (sulfide) groups is 1. The van der Waals surface area contributed by atoms with Crippen molar-refractivity contribution in [1.82, 2.24) is 19.6 Å². The number of carbonyl (C=O) groups is 1. The third-order valence-electron chi connectivity index (χ3n) is 4.31. The third kappa shape index (κ3) is 2.72. The first kappa shape index (κ1) is 15.9. The Morgan fingerprint density at radius 2 is 2.00 bits per heavy atom. The van der Waals surface area contributed by atoms with Crippen molar-refractivity contribution in [1.29, 1.82) is 0 Å². The molecule has 0 radical (unpaired) electrons. The van der Waals surface area contributed by atoms with Gasteiger partial charge >= 0.3 is 0 Å². The van der Waals surface area contributed by atoms with Crippen LogP contribution in [0.5, 0.6) is 0 Å². The van der Waals surface area contributed by atoms with Gasteiger partial charge in [0.15, 0.2) is 10.9 Å². The average Bonchev–Trinajstić information content (AvgIpc) is 3.16. The van der Waals surface area contributed by atoms with E-state index in [2.05, 4.69) is 15.2 Å². The minimum atomic E-state index is -0.242. The predicted octanol–water partition coefficient (Wildman–Crippen LogP) is 4.19. The van der Waals surface area contributed by atoms with Crippen LogP contribution in [0.2, 0.25) is 0 Å². The molecule has 0 aliphatic rings. The summed E-state index contributed by atoms with van der Waals surface area (Å²) in [6.45, 7) is 5.90. The number of hydrogen-bond acceptors (Lipinski definition) is 4. The van der Waals surface area contributed by atoms with E-state index in [9.17, 15) is 4.79 Å². The summed E-state index contributed by atoms with van der Waals surface area (Å²) in [6.07, 6.45) is 0. The Bertz CT molecular complexity index is 1100. The number of benzene rings is 2. The second-order valence-corrected chi connectivity index (χ2v) is 7.52. The molecule has 4 aromatic rings. The summed E-state index contributed by atoms with van der Waals surface area (Å²) in [5.74, 6) is 0.807. The van der Waals surface area contributed by atoms with Gasteiger partial charge in [-0.05, 0) is 44.5 Å². The molecule has 1 N–H and O–H groups in total. The summed E-state index contributed by atoms with van der Waals surface area (Å²) in [4.78, 5) is 17.4. The number of para-hydroxylation sites is 2. The van der Waals surface area contributed by atoms with E-state index in [1.807, 2.05) is 67.6 Å². The van der Waals surface area contributed by atoms with Crippen LogP contribution < -0.4 is 0 Å². The van der Waals surface area contributed by atoms with Crippen LogP contribution in [0.25, 0.3) is 16.8 Å². The highest BCUT2D eigenvalue weighted by atomic mass is 32.2. The Labute approximate surface area is 149 Å². The summed E-state index contributed by atoms with van der Waals surface area (Å²) < 4.78 is 1.97. The molecule has 0 aliphatic heterocycles. The minimum Gasteiger partial charge on any atom is -0.293 e. The lowest BCUT2D eigenvalue weighted by molar-refractivity contribution is 0.0993. The van der Waals surface area contributed by atoms with Crippen molar-refractivity contribution >= 4 is 34.4 Å². The van der Waals surface area contributed by atoms with Crippen molar-refractivity contribution in [3.63, 3.8) is 0 Å². The quantitative estimate of drug-likeness (QED) is 0.443. The van der Waals surface area contributed by atoms with Crippen molar-refractivity contribution < 1.29 is 4.79 Å². The molecule has 0 aliphatic carbocycles. The highest BCUT2D eigenvalue weighted by molar-refractivity contribution is 8.00. The monoisotopic (exact) mass is 350 g/mol. The maximum Gasteiger partial charge on any atom is 0.231 e. The van der Waals surface area contributed by atoms with E-state index < -0.39 is 0 Å². The predicted molar refractivity (Wildman–Crippen MR) is 100 cm³/mol. The van der Waals surface area contributed by atoms with Crippen molar-refractivity contribution in [3.8, 4) is 0 Å². The van der Waals surface area contributed by atoms with Crippen LogP contribution in [0, 0.1) is 13.8 Å². The number of aromatic nitrogens is 4. The Morgan fingerprint density at radius 3 is 2.84 bits per heavy atom. The van der Waals surface area contributed by atoms with E-state index in [0.29, 0.717) is 5.78 Å². The number of rotatable bonds is 4. The molecule has 0 saturated carbocycles. The van der Waals surface area contributed by atoms with Gasteiger partial charge in [-0.2, -0.15) is 0 Å². The van der Waals surface area contributed by atoms with Gasteiger partial charge in [-0.1, -0.05) is 41.6 Å². The summed E-state index contributed by atoms with van der Waals surface area (Å²) in [5, 5.41) is 7.80. The second-order valence-electron chi connectivity index (χ2n) is 6.21. The van der Waals surface area contributed by atoms with Gasteiger partial charge in [0.05, 0.1) is 16.3 Å². The molecule has 25 heavy (non-hydrogen) atoms. The van der Waals surface area contributed by atoms with Crippen LogP contribution in [0.4, 0.5) is 0 Å². The molecular weight excluding hydrogens is 332 g/mol. The van der Waals surface area contributed by atoms with Crippen LogP contribution in [0.3, 0.4) is 0 Å². The number of aryl methyl sites for hydroxylation is 2. The van der Waals surface area contributed by atoms with Gasteiger partial charge in [0, 0.05) is 5.56 Å². The molecule has 2 aromatic carbocycles. The molecule has 5 nitrogen and oxygen atoms in total. The highest BCUT2D eigenvalue weighted by Gasteiger charge is 2.22. The highest BCUT2D eigenvalue weighted by Crippen LogP contribution is 2.28. The van der Waals surface area contributed by atoms with Crippen LogP contribution in [-0.2, 0) is 0 Å². The molecule has 0 bridgehead atoms. The number of Topliss-reactive ketones (excluding diaryl/α,β-unsaturated/α-hetero) is 1. The normalized spacial score (nSPS) is 12.8. The fraction of sp³-hybridized carbons (Fsp3) is 0.211. The zero-order valence-electron chi connectivity index (χ0n) is 14.3. The Hall–Kier alpha value is -2.60. The fourth-order valence-corrected chi connectivity index (χ4v) is 3.89. The molecule has 1 unspecified atom stereocenters. The van der Waals surface area contributed by atoms with Crippen molar-refractivity contribution in [2.24, 2.45) is 0 Å². The third-order valence-corrected chi connectivity index (χ3v) is 5.37. The van der Waals surface area contributed by atoms with E-state index in [-0.39, 0.29) is 11.0 Å². The van der Waals surface area contributed by atoms with Gasteiger partial charge in [0.1, 0.15) is 0 Å². The van der Waals surface area contributed by atoms with Gasteiger partial charge < -0.3 is 0 Å². The van der Waals surface area contributed by atoms with Crippen LogP contribution in [0.15, 0.2) is 47.6 Å². The molecule has 0 amide bonds. The van der Waals surface area contributed by atoms with Crippen molar-refractivity contribution in [2.75, 3.05) is 0 Å². The number of H-pyrrole nitrogens is 1. The first-order valence-corrected chi connectivity index (χ1v) is 9.02. The number of nitrogens with one attached hydrogen (secondary N) is 1. The maximum atomic E-state index is 12.9. The molecule has 0 saturated heterocycles. The van der Waals surface area contributed by atoms with Gasteiger partial charge in [-0.25, -0.2) is 10.1 Å². The molecule has 4 rings (SSSR count). The molecule has 2 aromatic heterocycles. The topological polar surface area (TPSA) is 63.0 Å². The minimum absolute atomic E-state index is 0.117. The van der Waals surface area contributed by atoms with E-state index >= 15 is 0 Å². The van der Waals surface area contributed by atoms with E-state index in [1.165, 1.54) is 11.8 Å². The number of fused-ring (bicyclic) bond motifs is 3. The number of carbonyl (C=O) groups excluding carboxylic acids is 1. The summed E-state index contributed by atoms with van der Waals surface area (Å²) >= 11 is 1.45. The largest absolute Gasteiger partial charge is 0.293 e. The van der Waals surface area contributed by atoms with Gasteiger partial charge in [-0.15, -0.1) is 5.10 Å². The van der Waals surface area contributed by atoms with Crippen molar-refractivity contribution in [3.05, 3.63) is 59.2 Å². The number of hydrogen-bond donors (Lipinski definition) is 1.